The number of nitrogens with zero attached hydrogens (tertiary/aromatic N) is 3. The molecule has 0 fully saturated rings. The summed E-state index contributed by atoms with van der Waals surface area (Å²) in [6, 6.07) is 25.4. The minimum atomic E-state index is -0.499. The average molecular weight is 531 g/mol. The Balaban J connectivity index is 1.47. The van der Waals surface area contributed by atoms with Crippen LogP contribution in [0.3, 0.4) is 0 Å². The number of urea groups is 1. The van der Waals surface area contributed by atoms with Gasteiger partial charge in [0, 0.05) is 24.5 Å². The van der Waals surface area contributed by atoms with E-state index < -0.39 is 11.8 Å². The third-order valence-corrected chi connectivity index (χ3v) is 6.93. The van der Waals surface area contributed by atoms with Crippen LogP contribution < -0.4 is 5.32 Å². The second-order valence-electron chi connectivity index (χ2n) is 9.21. The van der Waals surface area contributed by atoms with E-state index in [2.05, 4.69) is 22.4 Å². The molecule has 1 N–H and O–H groups in total. The number of amides is 3. The third kappa shape index (κ3) is 7.26. The van der Waals surface area contributed by atoms with E-state index in [1.807, 2.05) is 67.3 Å². The molecule has 0 atom stereocenters. The van der Waals surface area contributed by atoms with Crippen LogP contribution in [0.25, 0.3) is 0 Å². The van der Waals surface area contributed by atoms with Crippen molar-refractivity contribution in [2.24, 2.45) is 0 Å². The molecule has 4 aromatic rings. The van der Waals surface area contributed by atoms with Crippen molar-refractivity contribution in [3.05, 3.63) is 118 Å². The standard InChI is InChI=1S/C30H31FN4O2S/c1-22(2)35(30(37)33-26-16-10-9-15-25(26)31)20-28-32-27(21-38-28)29(36)34(19-24-13-7-4-8-14-24)18-17-23-11-5-3-6-12-23/h3-16,21-22H,17-20H2,1-2H3,(H,33,37). The van der Waals surface area contributed by atoms with Crippen LogP contribution in [0.5, 0.6) is 0 Å². The lowest BCUT2D eigenvalue weighted by molar-refractivity contribution is 0.0739. The van der Waals surface area contributed by atoms with Gasteiger partial charge in [0.25, 0.3) is 5.91 Å². The van der Waals surface area contributed by atoms with Crippen molar-refractivity contribution in [1.82, 2.24) is 14.8 Å². The van der Waals surface area contributed by atoms with Gasteiger partial charge in [0.2, 0.25) is 0 Å². The Morgan fingerprint density at radius 3 is 2.18 bits per heavy atom. The highest BCUT2D eigenvalue weighted by Gasteiger charge is 2.23. The summed E-state index contributed by atoms with van der Waals surface area (Å²) in [5, 5.41) is 5.01. The first-order chi connectivity index (χ1) is 18.4. The van der Waals surface area contributed by atoms with Gasteiger partial charge in [-0.05, 0) is 43.5 Å². The number of rotatable bonds is 10. The molecule has 4 rings (SSSR count). The SMILES string of the molecule is CC(C)N(Cc1nc(C(=O)N(CCc2ccccc2)Cc2ccccc2)cs1)C(=O)Nc1ccccc1F. The van der Waals surface area contributed by atoms with Gasteiger partial charge >= 0.3 is 6.03 Å². The Morgan fingerprint density at radius 2 is 1.53 bits per heavy atom. The number of nitrogens with one attached hydrogen (secondary N) is 1. The van der Waals surface area contributed by atoms with Gasteiger partial charge in [-0.25, -0.2) is 14.2 Å². The van der Waals surface area contributed by atoms with Gasteiger partial charge in [-0.1, -0.05) is 72.8 Å². The summed E-state index contributed by atoms with van der Waals surface area (Å²) < 4.78 is 14.1. The van der Waals surface area contributed by atoms with Crippen LogP contribution in [-0.4, -0.2) is 39.3 Å². The molecular weight excluding hydrogens is 499 g/mol. The molecule has 0 saturated heterocycles. The Bertz CT molecular complexity index is 1340. The number of para-hydroxylation sites is 1. The molecule has 38 heavy (non-hydrogen) atoms. The largest absolute Gasteiger partial charge is 0.333 e. The monoisotopic (exact) mass is 530 g/mol. The minimum absolute atomic E-state index is 0.119. The maximum atomic E-state index is 14.1. The summed E-state index contributed by atoms with van der Waals surface area (Å²) in [5.74, 6) is -0.653. The smallest absolute Gasteiger partial charge is 0.322 e. The highest BCUT2D eigenvalue weighted by atomic mass is 32.1. The van der Waals surface area contributed by atoms with Crippen molar-refractivity contribution in [3.63, 3.8) is 0 Å². The van der Waals surface area contributed by atoms with Gasteiger partial charge in [-0.3, -0.25) is 4.79 Å². The number of hydrogen-bond donors (Lipinski definition) is 1. The molecule has 196 valence electrons. The van der Waals surface area contributed by atoms with Crippen molar-refractivity contribution in [2.75, 3.05) is 11.9 Å². The van der Waals surface area contributed by atoms with Gasteiger partial charge in [0.15, 0.2) is 0 Å². The third-order valence-electron chi connectivity index (χ3n) is 6.09. The number of halogens is 1. The van der Waals surface area contributed by atoms with Gasteiger partial charge in [-0.15, -0.1) is 11.3 Å². The number of hydrogen-bond acceptors (Lipinski definition) is 4. The van der Waals surface area contributed by atoms with Crippen LogP contribution in [0.2, 0.25) is 0 Å². The van der Waals surface area contributed by atoms with Crippen molar-refractivity contribution in [2.45, 2.75) is 39.4 Å². The summed E-state index contributed by atoms with van der Waals surface area (Å²) in [6.45, 7) is 4.99. The van der Waals surface area contributed by atoms with Crippen molar-refractivity contribution in [1.29, 1.82) is 0 Å². The summed E-state index contributed by atoms with van der Waals surface area (Å²) in [7, 11) is 0. The fraction of sp³-hybridized carbons (Fsp3) is 0.233. The predicted octanol–water partition coefficient (Wildman–Crippen LogP) is 6.61. The molecule has 0 aliphatic rings. The Morgan fingerprint density at radius 1 is 0.895 bits per heavy atom. The molecule has 3 aromatic carbocycles. The van der Waals surface area contributed by atoms with E-state index in [-0.39, 0.29) is 24.2 Å². The van der Waals surface area contributed by atoms with Crippen LogP contribution in [0.15, 0.2) is 90.3 Å². The molecule has 1 aromatic heterocycles. The molecule has 3 amide bonds. The molecule has 0 aliphatic heterocycles. The number of benzene rings is 3. The quantitative estimate of drug-likeness (QED) is 0.251. The first-order valence-electron chi connectivity index (χ1n) is 12.5. The Hall–Kier alpha value is -4.04. The lowest BCUT2D eigenvalue weighted by Crippen LogP contribution is -2.39. The topological polar surface area (TPSA) is 65.5 Å². The summed E-state index contributed by atoms with van der Waals surface area (Å²) in [5.41, 5.74) is 2.67. The fourth-order valence-corrected chi connectivity index (χ4v) is 4.76. The van der Waals surface area contributed by atoms with Gasteiger partial charge < -0.3 is 15.1 Å². The normalized spacial score (nSPS) is 10.8. The van der Waals surface area contributed by atoms with E-state index in [1.165, 1.54) is 23.5 Å². The zero-order chi connectivity index (χ0) is 26.9. The first-order valence-corrected chi connectivity index (χ1v) is 13.4. The molecule has 0 spiro atoms. The minimum Gasteiger partial charge on any atom is -0.333 e. The predicted molar refractivity (Wildman–Crippen MR) is 150 cm³/mol. The van der Waals surface area contributed by atoms with Crippen LogP contribution in [0.1, 0.15) is 40.5 Å². The lowest BCUT2D eigenvalue weighted by Gasteiger charge is -2.26. The number of carbonyl (C=O) groups is 2. The zero-order valence-corrected chi connectivity index (χ0v) is 22.3. The van der Waals surface area contributed by atoms with E-state index in [0.717, 1.165) is 17.5 Å². The van der Waals surface area contributed by atoms with Crippen molar-refractivity contribution >= 4 is 29.0 Å². The van der Waals surface area contributed by atoms with E-state index in [1.54, 1.807) is 22.4 Å². The van der Waals surface area contributed by atoms with Crippen LogP contribution in [0, 0.1) is 5.82 Å². The maximum Gasteiger partial charge on any atom is 0.322 e. The highest BCUT2D eigenvalue weighted by molar-refractivity contribution is 7.09. The zero-order valence-electron chi connectivity index (χ0n) is 21.5. The Labute approximate surface area is 226 Å². The maximum absolute atomic E-state index is 14.1. The number of thiazole rings is 1. The number of aromatic nitrogens is 1. The number of carbonyl (C=O) groups excluding carboxylic acids is 2. The van der Waals surface area contributed by atoms with E-state index >= 15 is 0 Å². The molecule has 0 saturated carbocycles. The summed E-state index contributed by atoms with van der Waals surface area (Å²) in [6.07, 6.45) is 0.730. The molecular formula is C30H31FN4O2S. The van der Waals surface area contributed by atoms with Crippen molar-refractivity contribution < 1.29 is 14.0 Å². The second-order valence-corrected chi connectivity index (χ2v) is 10.1. The van der Waals surface area contributed by atoms with E-state index in [9.17, 15) is 14.0 Å². The average Bonchev–Trinajstić information content (AvgIpc) is 3.40. The lowest BCUT2D eigenvalue weighted by atomic mass is 10.1. The molecule has 1 heterocycles. The second kappa shape index (κ2) is 13.0. The van der Waals surface area contributed by atoms with E-state index in [0.29, 0.717) is 23.8 Å². The van der Waals surface area contributed by atoms with E-state index in [4.69, 9.17) is 0 Å². The molecule has 0 radical (unpaired) electrons. The van der Waals surface area contributed by atoms with Crippen LogP contribution >= 0.6 is 11.3 Å². The van der Waals surface area contributed by atoms with Crippen molar-refractivity contribution in [3.8, 4) is 0 Å². The summed E-state index contributed by atoms with van der Waals surface area (Å²) in [4.78, 5) is 34.5. The highest BCUT2D eigenvalue weighted by Crippen LogP contribution is 2.19. The first kappa shape index (κ1) is 27.0. The molecule has 0 aliphatic carbocycles. The van der Waals surface area contributed by atoms with Gasteiger partial charge in [-0.2, -0.15) is 0 Å². The number of anilines is 1. The van der Waals surface area contributed by atoms with Gasteiger partial charge in [0.05, 0.1) is 12.2 Å². The van der Waals surface area contributed by atoms with Gasteiger partial charge in [0.1, 0.15) is 16.5 Å². The molecule has 0 bridgehead atoms. The molecule has 0 unspecified atom stereocenters. The van der Waals surface area contributed by atoms with Crippen LogP contribution in [-0.2, 0) is 19.5 Å². The molecule has 8 heteroatoms. The summed E-state index contributed by atoms with van der Waals surface area (Å²) >= 11 is 1.33. The molecule has 6 nitrogen and oxygen atoms in total. The Kier molecular flexibility index (Phi) is 9.21. The van der Waals surface area contributed by atoms with Crippen LogP contribution in [0.4, 0.5) is 14.9 Å². The fourth-order valence-electron chi connectivity index (χ4n) is 3.99.